The van der Waals surface area contributed by atoms with E-state index in [9.17, 15) is 4.79 Å². The third-order valence-corrected chi connectivity index (χ3v) is 3.62. The molecule has 3 aromatic rings. The molecule has 0 spiro atoms. The van der Waals surface area contributed by atoms with Crippen LogP contribution in [0.2, 0.25) is 0 Å². The summed E-state index contributed by atoms with van der Waals surface area (Å²) < 4.78 is 1.00. The van der Waals surface area contributed by atoms with Crippen molar-refractivity contribution in [3.63, 3.8) is 0 Å². The molecule has 0 radical (unpaired) electrons. The highest BCUT2D eigenvalue weighted by Crippen LogP contribution is 2.29. The molecule has 2 aromatic carbocycles. The number of rotatable bonds is 3. The zero-order chi connectivity index (χ0) is 16.2. The van der Waals surface area contributed by atoms with Gasteiger partial charge in [-0.2, -0.15) is 9.30 Å². The van der Waals surface area contributed by atoms with E-state index >= 15 is 0 Å². The lowest BCUT2D eigenvalue weighted by Crippen LogP contribution is -2.15. The highest BCUT2D eigenvalue weighted by molar-refractivity contribution is 6.18. The normalized spacial score (nSPS) is 10.1. The van der Waals surface area contributed by atoms with E-state index < -0.39 is 0 Å². The minimum absolute atomic E-state index is 0.247. The van der Waals surface area contributed by atoms with Gasteiger partial charge >= 0.3 is 0 Å². The molecule has 5 heteroatoms. The molecule has 0 unspecified atom stereocenters. The van der Waals surface area contributed by atoms with Crippen molar-refractivity contribution >= 4 is 23.4 Å². The van der Waals surface area contributed by atoms with Crippen molar-refractivity contribution in [1.29, 1.82) is 0 Å². The van der Waals surface area contributed by atoms with E-state index in [4.69, 9.17) is 18.2 Å². The van der Waals surface area contributed by atoms with E-state index in [1.165, 1.54) is 12.3 Å². The van der Waals surface area contributed by atoms with Crippen LogP contribution in [0.25, 0.3) is 11.1 Å². The third kappa shape index (κ3) is 3.10. The van der Waals surface area contributed by atoms with Gasteiger partial charge in [0.1, 0.15) is 5.69 Å². The molecule has 0 bridgehead atoms. The molecule has 1 heterocycles. The van der Waals surface area contributed by atoms with Gasteiger partial charge in [0.15, 0.2) is 0 Å². The van der Waals surface area contributed by atoms with Gasteiger partial charge in [0, 0.05) is 22.9 Å². The molecule has 3 rings (SSSR count). The highest BCUT2D eigenvalue weighted by atomic mass is 35.5. The van der Waals surface area contributed by atoms with Gasteiger partial charge in [-0.3, -0.25) is 4.79 Å². The second-order valence-electron chi connectivity index (χ2n) is 4.80. The van der Waals surface area contributed by atoms with Crippen molar-refractivity contribution < 1.29 is 4.79 Å². The topological polar surface area (TPSA) is 46.9 Å². The number of amides is 1. The van der Waals surface area contributed by atoms with E-state index in [1.54, 1.807) is 6.07 Å². The summed E-state index contributed by atoms with van der Waals surface area (Å²) in [5, 5.41) is 6.63. The van der Waals surface area contributed by atoms with Crippen LogP contribution in [0.4, 0.5) is 5.69 Å². The second kappa shape index (κ2) is 6.39. The summed E-state index contributed by atoms with van der Waals surface area (Å²) in [6.45, 7) is 0. The molecule has 4 nitrogen and oxygen atoms in total. The van der Waals surface area contributed by atoms with Gasteiger partial charge in [0.2, 0.25) is 0 Å². The van der Waals surface area contributed by atoms with Crippen LogP contribution in [0.3, 0.4) is 0 Å². The van der Waals surface area contributed by atoms with E-state index in [0.717, 1.165) is 15.3 Å². The maximum absolute atomic E-state index is 12.4. The van der Waals surface area contributed by atoms with Crippen molar-refractivity contribution in [2.75, 3.05) is 5.32 Å². The lowest BCUT2D eigenvalue weighted by molar-refractivity contribution is 0.102. The van der Waals surface area contributed by atoms with Gasteiger partial charge in [0.25, 0.3) is 5.91 Å². The molecular formula is C18H12ClN3O. The van der Waals surface area contributed by atoms with Gasteiger partial charge in [-0.25, -0.2) is 0 Å². The Balaban J connectivity index is 2.02. The number of aromatic nitrogens is 2. The quantitative estimate of drug-likeness (QED) is 0.746. The summed E-state index contributed by atoms with van der Waals surface area (Å²) in [7, 11) is 0. The summed E-state index contributed by atoms with van der Waals surface area (Å²) in [4.78, 5) is 12.4. The Labute approximate surface area is 138 Å². The smallest absolute Gasteiger partial charge is 0.275 e. The van der Waals surface area contributed by atoms with Crippen LogP contribution in [-0.2, 0) is 0 Å². The summed E-state index contributed by atoms with van der Waals surface area (Å²) in [5.41, 5.74) is 3.40. The predicted molar refractivity (Wildman–Crippen MR) is 91.2 cm³/mol. The summed E-state index contributed by atoms with van der Waals surface area (Å²) in [6, 6.07) is 16.8. The van der Waals surface area contributed by atoms with Crippen LogP contribution in [0.5, 0.6) is 0 Å². The van der Waals surface area contributed by atoms with Crippen LogP contribution >= 0.6 is 11.8 Å². The number of anilines is 1. The van der Waals surface area contributed by atoms with Gasteiger partial charge < -0.3 is 5.32 Å². The zero-order valence-electron chi connectivity index (χ0n) is 12.0. The minimum Gasteiger partial charge on any atom is -0.320 e. The number of benzene rings is 2. The first-order chi connectivity index (χ1) is 11.2. The molecule has 1 N–H and O–H groups in total. The monoisotopic (exact) mass is 321 g/mol. The fourth-order valence-electron chi connectivity index (χ4n) is 2.24. The number of hydrogen-bond acceptors (Lipinski definition) is 2. The minimum atomic E-state index is -0.358. The van der Waals surface area contributed by atoms with Gasteiger partial charge in [-0.1, -0.05) is 42.3 Å². The lowest BCUT2D eigenvalue weighted by Gasteiger charge is -2.12. The Morgan fingerprint density at radius 1 is 1.17 bits per heavy atom. The summed E-state index contributed by atoms with van der Waals surface area (Å²) >= 11 is 5.83. The van der Waals surface area contributed by atoms with Crippen LogP contribution in [-0.4, -0.2) is 15.2 Å². The van der Waals surface area contributed by atoms with Crippen molar-refractivity contribution in [3.05, 3.63) is 72.1 Å². The SMILES string of the molecule is C#Cc1ccc(-c2ccccc2)c(NC(=O)c2ccnn2Cl)c1. The van der Waals surface area contributed by atoms with Gasteiger partial charge in [-0.05, 0) is 23.8 Å². The number of halogens is 1. The number of terminal acetylenes is 1. The predicted octanol–water partition coefficient (Wildman–Crippen LogP) is 3.79. The molecule has 0 aliphatic rings. The molecule has 1 aromatic heterocycles. The first-order valence-corrected chi connectivity index (χ1v) is 7.20. The standard InChI is InChI=1S/C18H12ClN3O/c1-2-13-8-9-15(14-6-4-3-5-7-14)16(12-13)21-18(23)17-10-11-20-22(17)19/h1,3-12H,(H,21,23). The van der Waals surface area contributed by atoms with E-state index in [1.807, 2.05) is 42.5 Å². The molecule has 0 saturated carbocycles. The Kier molecular flexibility index (Phi) is 4.13. The molecule has 0 atom stereocenters. The van der Waals surface area contributed by atoms with E-state index in [0.29, 0.717) is 11.3 Å². The number of carbonyl (C=O) groups excluding carboxylic acids is 1. The zero-order valence-corrected chi connectivity index (χ0v) is 12.8. The average molecular weight is 322 g/mol. The number of nitrogens with zero attached hydrogens (tertiary/aromatic N) is 2. The van der Waals surface area contributed by atoms with Crippen LogP contribution in [0, 0.1) is 12.3 Å². The van der Waals surface area contributed by atoms with Crippen molar-refractivity contribution in [2.45, 2.75) is 0 Å². The number of nitrogens with one attached hydrogen (secondary N) is 1. The van der Waals surface area contributed by atoms with Crippen molar-refractivity contribution in [2.24, 2.45) is 0 Å². The molecule has 112 valence electrons. The Bertz CT molecular complexity index is 894. The van der Waals surface area contributed by atoms with Gasteiger partial charge in [0.05, 0.1) is 11.9 Å². The second-order valence-corrected chi connectivity index (χ2v) is 5.12. The first-order valence-electron chi connectivity index (χ1n) is 6.86. The number of hydrogen-bond donors (Lipinski definition) is 1. The van der Waals surface area contributed by atoms with Crippen LogP contribution in [0.1, 0.15) is 16.1 Å². The fraction of sp³-hybridized carbons (Fsp3) is 0. The lowest BCUT2D eigenvalue weighted by atomic mass is 10.0. The molecule has 23 heavy (non-hydrogen) atoms. The average Bonchev–Trinajstić information content (AvgIpc) is 3.01. The first kappa shape index (κ1) is 14.9. The third-order valence-electron chi connectivity index (χ3n) is 3.35. The van der Waals surface area contributed by atoms with Crippen LogP contribution < -0.4 is 5.32 Å². The molecule has 0 saturated heterocycles. The highest BCUT2D eigenvalue weighted by Gasteiger charge is 2.14. The Morgan fingerprint density at radius 2 is 1.96 bits per heavy atom. The molecule has 1 amide bonds. The van der Waals surface area contributed by atoms with Gasteiger partial charge in [-0.15, -0.1) is 6.42 Å². The fourth-order valence-corrected chi connectivity index (χ4v) is 2.42. The molecular weight excluding hydrogens is 310 g/mol. The van der Waals surface area contributed by atoms with Crippen LogP contribution in [0.15, 0.2) is 60.8 Å². The maximum atomic E-state index is 12.4. The molecule has 0 aliphatic heterocycles. The van der Waals surface area contributed by atoms with Crippen molar-refractivity contribution in [1.82, 2.24) is 9.30 Å². The van der Waals surface area contributed by atoms with E-state index in [2.05, 4.69) is 16.3 Å². The molecule has 0 aliphatic carbocycles. The summed E-state index contributed by atoms with van der Waals surface area (Å²) in [5.74, 6) is 2.21. The number of carbonyl (C=O) groups is 1. The van der Waals surface area contributed by atoms with E-state index in [-0.39, 0.29) is 11.6 Å². The van der Waals surface area contributed by atoms with Crippen molar-refractivity contribution in [3.8, 4) is 23.5 Å². The summed E-state index contributed by atoms with van der Waals surface area (Å²) in [6.07, 6.45) is 6.92. The molecule has 0 fully saturated rings. The largest absolute Gasteiger partial charge is 0.320 e. The Hall–Kier alpha value is -3.03. The Morgan fingerprint density at radius 3 is 2.61 bits per heavy atom. The maximum Gasteiger partial charge on any atom is 0.275 e.